The average molecular weight is 182 g/mol. The molecule has 0 heterocycles. The molecule has 0 aromatic carbocycles. The van der Waals surface area contributed by atoms with Gasteiger partial charge in [0.05, 0.1) is 0 Å². The van der Waals surface area contributed by atoms with Crippen LogP contribution in [0.4, 0.5) is 0 Å². The van der Waals surface area contributed by atoms with E-state index >= 15 is 0 Å². The Morgan fingerprint density at radius 3 is 1.00 bits per heavy atom. The van der Waals surface area contributed by atoms with Crippen molar-refractivity contribution in [2.24, 2.45) is 11.8 Å². The van der Waals surface area contributed by atoms with E-state index in [-0.39, 0.29) is 0 Å². The van der Waals surface area contributed by atoms with E-state index in [1.54, 1.807) is 0 Å². The molecule has 2 aliphatic rings. The lowest BCUT2D eigenvalue weighted by Gasteiger charge is -2.22. The molecule has 0 radical (unpaired) electrons. The van der Waals surface area contributed by atoms with Gasteiger partial charge >= 0.3 is 0 Å². The van der Waals surface area contributed by atoms with Gasteiger partial charge in [-0.1, -0.05) is 71.6 Å². The van der Waals surface area contributed by atoms with Crippen LogP contribution in [0.2, 0.25) is 0 Å². The van der Waals surface area contributed by atoms with Crippen LogP contribution >= 0.6 is 0 Å². The molecule has 0 unspecified atom stereocenters. The molecule has 0 aromatic heterocycles. The van der Waals surface area contributed by atoms with E-state index in [4.69, 9.17) is 0 Å². The fourth-order valence-electron chi connectivity index (χ4n) is 2.31. The summed E-state index contributed by atoms with van der Waals surface area (Å²) in [5, 5.41) is 0. The largest absolute Gasteiger partial charge is 0.0625 e. The minimum Gasteiger partial charge on any atom is -0.0625 e. The quantitative estimate of drug-likeness (QED) is 0.505. The second-order valence-electron chi connectivity index (χ2n) is 5.13. The van der Waals surface area contributed by atoms with Crippen molar-refractivity contribution in [1.29, 1.82) is 0 Å². The highest BCUT2D eigenvalue weighted by Gasteiger charge is 2.13. The van der Waals surface area contributed by atoms with Gasteiger partial charge in [-0.15, -0.1) is 0 Å². The zero-order valence-electron chi connectivity index (χ0n) is 9.52. The predicted molar refractivity (Wildman–Crippen MR) is 59.9 cm³/mol. The van der Waals surface area contributed by atoms with Crippen molar-refractivity contribution in [2.45, 2.75) is 71.6 Å². The van der Waals surface area contributed by atoms with Gasteiger partial charge in [-0.05, 0) is 11.8 Å². The predicted octanol–water partition coefficient (Wildman–Crippen LogP) is 4.78. The molecule has 0 aromatic rings. The normalized spacial score (nSPS) is 33.7. The minimum atomic E-state index is 1.02. The first-order valence-electron chi connectivity index (χ1n) is 6.29. The van der Waals surface area contributed by atoms with Crippen molar-refractivity contribution in [3.05, 3.63) is 0 Å². The number of hydrogen-bond acceptors (Lipinski definition) is 0. The van der Waals surface area contributed by atoms with E-state index < -0.39 is 0 Å². The Bertz CT molecular complexity index is 87.6. The first-order chi connectivity index (χ1) is 6.29. The van der Waals surface area contributed by atoms with Crippen LogP contribution in [0, 0.1) is 11.8 Å². The first kappa shape index (κ1) is 11.1. The van der Waals surface area contributed by atoms with Crippen LogP contribution in [-0.4, -0.2) is 0 Å². The summed E-state index contributed by atoms with van der Waals surface area (Å²) in [7, 11) is 0. The van der Waals surface area contributed by atoms with E-state index in [0.717, 1.165) is 11.8 Å². The second kappa shape index (κ2) is 6.45. The van der Waals surface area contributed by atoms with Gasteiger partial charge in [0.1, 0.15) is 0 Å². The van der Waals surface area contributed by atoms with Crippen LogP contribution < -0.4 is 0 Å². The van der Waals surface area contributed by atoms with Crippen LogP contribution in [0.3, 0.4) is 0 Å². The molecule has 0 nitrogen and oxygen atoms in total. The Labute approximate surface area is 84.1 Å². The first-order valence-corrected chi connectivity index (χ1v) is 6.29. The smallest absolute Gasteiger partial charge is 0.0443 e. The van der Waals surface area contributed by atoms with E-state index in [0.29, 0.717) is 0 Å². The average Bonchev–Trinajstić information content (AvgIpc) is 2.68. The van der Waals surface area contributed by atoms with Gasteiger partial charge in [-0.2, -0.15) is 0 Å². The maximum atomic E-state index is 2.37. The summed E-state index contributed by atoms with van der Waals surface area (Å²) < 4.78 is 0. The van der Waals surface area contributed by atoms with E-state index in [9.17, 15) is 0 Å². The Hall–Kier alpha value is 0. The summed E-state index contributed by atoms with van der Waals surface area (Å²) >= 11 is 0. The van der Waals surface area contributed by atoms with Crippen molar-refractivity contribution in [3.63, 3.8) is 0 Å². The Morgan fingerprint density at radius 2 is 0.769 bits per heavy atom. The molecule has 2 rings (SSSR count). The van der Waals surface area contributed by atoms with Gasteiger partial charge in [0.15, 0.2) is 0 Å². The molecule has 2 fully saturated rings. The minimum absolute atomic E-state index is 1.02. The maximum absolute atomic E-state index is 2.37. The van der Waals surface area contributed by atoms with Gasteiger partial charge in [-0.25, -0.2) is 0 Å². The third kappa shape index (κ3) is 5.33. The van der Waals surface area contributed by atoms with Crippen molar-refractivity contribution in [2.75, 3.05) is 0 Å². The van der Waals surface area contributed by atoms with E-state index in [1.807, 2.05) is 0 Å². The molecule has 0 N–H and O–H groups in total. The zero-order chi connectivity index (χ0) is 9.52. The Kier molecular flexibility index (Phi) is 5.50. The monoisotopic (exact) mass is 182 g/mol. The third-order valence-corrected chi connectivity index (χ3v) is 3.55. The summed E-state index contributed by atoms with van der Waals surface area (Å²) in [5.41, 5.74) is 0. The van der Waals surface area contributed by atoms with Crippen molar-refractivity contribution < 1.29 is 0 Å². The van der Waals surface area contributed by atoms with Crippen LogP contribution in [0.15, 0.2) is 0 Å². The number of hydrogen-bond donors (Lipinski definition) is 0. The molecule has 2 aliphatic carbocycles. The summed E-state index contributed by atoms with van der Waals surface area (Å²) in [6.45, 7) is 4.73. The van der Waals surface area contributed by atoms with Gasteiger partial charge in [0.2, 0.25) is 0 Å². The molecule has 2 saturated carbocycles. The van der Waals surface area contributed by atoms with Crippen molar-refractivity contribution >= 4 is 0 Å². The Morgan fingerprint density at radius 1 is 0.538 bits per heavy atom. The molecule has 0 aliphatic heterocycles. The molecule has 78 valence electrons. The van der Waals surface area contributed by atoms with Gasteiger partial charge in [0, 0.05) is 0 Å². The molecule has 13 heavy (non-hydrogen) atoms. The Balaban J connectivity index is 0.000000145. The summed E-state index contributed by atoms with van der Waals surface area (Å²) in [6.07, 6.45) is 13.4. The molecule has 0 saturated heterocycles. The standard InChI is InChI=1S/C8H16.C5H10/c1-7-3-5-8(2)6-4-7;1-2-4-5-3-1/h7-8H,3-6H2,1-2H3;1-5H2. The second-order valence-corrected chi connectivity index (χ2v) is 5.13. The lowest BCUT2D eigenvalue weighted by Crippen LogP contribution is -2.08. The highest BCUT2D eigenvalue weighted by Crippen LogP contribution is 2.27. The zero-order valence-corrected chi connectivity index (χ0v) is 9.52. The van der Waals surface area contributed by atoms with Crippen molar-refractivity contribution in [1.82, 2.24) is 0 Å². The van der Waals surface area contributed by atoms with Crippen LogP contribution in [-0.2, 0) is 0 Å². The molecular formula is C13H26. The topological polar surface area (TPSA) is 0 Å². The highest BCUT2D eigenvalue weighted by molar-refractivity contribution is 4.65. The molecule has 0 spiro atoms. The van der Waals surface area contributed by atoms with Crippen LogP contribution in [0.1, 0.15) is 71.6 Å². The van der Waals surface area contributed by atoms with E-state index in [1.165, 1.54) is 57.8 Å². The molecule has 0 amide bonds. The van der Waals surface area contributed by atoms with Crippen molar-refractivity contribution in [3.8, 4) is 0 Å². The summed E-state index contributed by atoms with van der Waals surface area (Å²) in [5.74, 6) is 2.04. The van der Waals surface area contributed by atoms with Crippen LogP contribution in [0.5, 0.6) is 0 Å². The van der Waals surface area contributed by atoms with E-state index in [2.05, 4.69) is 13.8 Å². The summed E-state index contributed by atoms with van der Waals surface area (Å²) in [4.78, 5) is 0. The lowest BCUT2D eigenvalue weighted by atomic mass is 9.84. The van der Waals surface area contributed by atoms with Crippen LogP contribution in [0.25, 0.3) is 0 Å². The molecule has 0 bridgehead atoms. The molecule has 0 atom stereocenters. The third-order valence-electron chi connectivity index (χ3n) is 3.55. The fourth-order valence-corrected chi connectivity index (χ4v) is 2.31. The fraction of sp³-hybridized carbons (Fsp3) is 1.00. The van der Waals surface area contributed by atoms with Gasteiger partial charge < -0.3 is 0 Å². The maximum Gasteiger partial charge on any atom is -0.0443 e. The molecule has 0 heteroatoms. The van der Waals surface area contributed by atoms with Gasteiger partial charge in [0.25, 0.3) is 0 Å². The van der Waals surface area contributed by atoms with Gasteiger partial charge in [-0.3, -0.25) is 0 Å². The summed E-state index contributed by atoms with van der Waals surface area (Å²) in [6, 6.07) is 0. The number of rotatable bonds is 0. The molecular weight excluding hydrogens is 156 g/mol. The highest BCUT2D eigenvalue weighted by atomic mass is 14.2. The SMILES string of the molecule is C1CCCC1.CC1CCC(C)CC1. The lowest BCUT2D eigenvalue weighted by molar-refractivity contribution is 0.308.